The summed E-state index contributed by atoms with van der Waals surface area (Å²) in [6, 6.07) is 19.9. The van der Waals surface area contributed by atoms with Crippen LogP contribution in [0.5, 0.6) is 0 Å². The second-order valence-corrected chi connectivity index (χ2v) is 8.16. The number of carbonyl (C=O) groups is 1. The SMILES string of the molecule is Cc1c(NC(=O)CCSCCCc2ccccc2)c(=O)n(-c2ccccc2)n1C. The van der Waals surface area contributed by atoms with Crippen LogP contribution in [0.3, 0.4) is 0 Å². The van der Waals surface area contributed by atoms with E-state index >= 15 is 0 Å². The van der Waals surface area contributed by atoms with Crippen LogP contribution < -0.4 is 10.9 Å². The van der Waals surface area contributed by atoms with Crippen molar-refractivity contribution in [1.82, 2.24) is 9.36 Å². The van der Waals surface area contributed by atoms with Crippen LogP contribution in [-0.2, 0) is 18.3 Å². The maximum Gasteiger partial charge on any atom is 0.295 e. The van der Waals surface area contributed by atoms with Gasteiger partial charge in [0.2, 0.25) is 5.91 Å². The predicted molar refractivity (Wildman–Crippen MR) is 121 cm³/mol. The van der Waals surface area contributed by atoms with E-state index in [9.17, 15) is 9.59 Å². The van der Waals surface area contributed by atoms with Gasteiger partial charge in [-0.25, -0.2) is 4.68 Å². The molecule has 152 valence electrons. The zero-order valence-corrected chi connectivity index (χ0v) is 17.7. The molecule has 1 aromatic heterocycles. The molecule has 0 unspecified atom stereocenters. The number of para-hydroxylation sites is 1. The molecule has 0 saturated heterocycles. The Morgan fingerprint density at radius 1 is 1.00 bits per heavy atom. The number of anilines is 1. The van der Waals surface area contributed by atoms with Gasteiger partial charge in [0.15, 0.2) is 0 Å². The number of thioether (sulfide) groups is 1. The Morgan fingerprint density at radius 3 is 2.34 bits per heavy atom. The van der Waals surface area contributed by atoms with Crippen molar-refractivity contribution in [2.24, 2.45) is 7.05 Å². The van der Waals surface area contributed by atoms with Gasteiger partial charge in [-0.05, 0) is 43.2 Å². The van der Waals surface area contributed by atoms with E-state index in [1.807, 2.05) is 50.4 Å². The van der Waals surface area contributed by atoms with Crippen molar-refractivity contribution in [3.05, 3.63) is 82.3 Å². The van der Waals surface area contributed by atoms with Crippen LogP contribution in [0.2, 0.25) is 0 Å². The molecule has 1 N–H and O–H groups in total. The van der Waals surface area contributed by atoms with Crippen molar-refractivity contribution >= 4 is 23.4 Å². The molecule has 0 aliphatic heterocycles. The van der Waals surface area contributed by atoms with Gasteiger partial charge in [-0.15, -0.1) is 0 Å². The number of aromatic nitrogens is 2. The Kier molecular flexibility index (Phi) is 7.36. The van der Waals surface area contributed by atoms with Gasteiger partial charge in [0, 0.05) is 19.2 Å². The second-order valence-electron chi connectivity index (χ2n) is 6.94. The van der Waals surface area contributed by atoms with Gasteiger partial charge in [0.1, 0.15) is 5.69 Å². The molecule has 0 saturated carbocycles. The number of benzene rings is 2. The highest BCUT2D eigenvalue weighted by Gasteiger charge is 2.17. The van der Waals surface area contributed by atoms with Crippen molar-refractivity contribution in [1.29, 1.82) is 0 Å². The van der Waals surface area contributed by atoms with Crippen LogP contribution in [0.4, 0.5) is 5.69 Å². The zero-order valence-electron chi connectivity index (χ0n) is 16.9. The van der Waals surface area contributed by atoms with E-state index in [4.69, 9.17) is 0 Å². The Morgan fingerprint density at radius 2 is 1.66 bits per heavy atom. The van der Waals surface area contributed by atoms with E-state index in [1.165, 1.54) is 5.56 Å². The van der Waals surface area contributed by atoms with Crippen LogP contribution in [0, 0.1) is 6.92 Å². The number of rotatable bonds is 9. The molecule has 0 atom stereocenters. The molecule has 0 fully saturated rings. The third-order valence-electron chi connectivity index (χ3n) is 4.89. The van der Waals surface area contributed by atoms with Crippen molar-refractivity contribution in [2.45, 2.75) is 26.2 Å². The molecule has 0 aliphatic rings. The number of amides is 1. The first-order valence-corrected chi connectivity index (χ1v) is 11.0. The molecule has 3 rings (SSSR count). The zero-order chi connectivity index (χ0) is 20.6. The third-order valence-corrected chi connectivity index (χ3v) is 5.96. The Hall–Kier alpha value is -2.73. The Balaban J connectivity index is 1.49. The lowest BCUT2D eigenvalue weighted by Gasteiger charge is -2.07. The van der Waals surface area contributed by atoms with Crippen LogP contribution in [-0.4, -0.2) is 26.8 Å². The molecule has 0 spiro atoms. The monoisotopic (exact) mass is 409 g/mol. The van der Waals surface area contributed by atoms with Gasteiger partial charge >= 0.3 is 0 Å². The summed E-state index contributed by atoms with van der Waals surface area (Å²) in [4.78, 5) is 25.2. The van der Waals surface area contributed by atoms with Gasteiger partial charge in [0.05, 0.1) is 11.4 Å². The molecule has 2 aromatic carbocycles. The smallest absolute Gasteiger partial charge is 0.295 e. The van der Waals surface area contributed by atoms with Gasteiger partial charge in [-0.3, -0.25) is 14.3 Å². The minimum Gasteiger partial charge on any atom is -0.320 e. The number of hydrogen-bond acceptors (Lipinski definition) is 3. The molecule has 5 nitrogen and oxygen atoms in total. The number of carbonyl (C=O) groups excluding carboxylic acids is 1. The third kappa shape index (κ3) is 5.41. The molecule has 0 radical (unpaired) electrons. The molecule has 6 heteroatoms. The Labute approximate surface area is 175 Å². The molecular weight excluding hydrogens is 382 g/mol. The molecule has 1 heterocycles. The number of hydrogen-bond donors (Lipinski definition) is 1. The van der Waals surface area contributed by atoms with Crippen LogP contribution in [0.15, 0.2) is 65.5 Å². The first-order valence-electron chi connectivity index (χ1n) is 9.83. The van der Waals surface area contributed by atoms with E-state index in [0.717, 1.165) is 35.7 Å². The highest BCUT2D eigenvalue weighted by molar-refractivity contribution is 7.99. The van der Waals surface area contributed by atoms with Crippen molar-refractivity contribution in [3.63, 3.8) is 0 Å². The fourth-order valence-corrected chi connectivity index (χ4v) is 4.09. The number of nitrogens with one attached hydrogen (secondary N) is 1. The molecular formula is C23H27N3O2S. The van der Waals surface area contributed by atoms with E-state index < -0.39 is 0 Å². The lowest BCUT2D eigenvalue weighted by atomic mass is 10.1. The summed E-state index contributed by atoms with van der Waals surface area (Å²) in [7, 11) is 1.82. The maximum absolute atomic E-state index is 12.8. The van der Waals surface area contributed by atoms with E-state index in [1.54, 1.807) is 21.1 Å². The summed E-state index contributed by atoms with van der Waals surface area (Å²) in [5.74, 6) is 1.65. The summed E-state index contributed by atoms with van der Waals surface area (Å²) in [6.07, 6.45) is 2.55. The highest BCUT2D eigenvalue weighted by atomic mass is 32.2. The van der Waals surface area contributed by atoms with Crippen molar-refractivity contribution in [2.75, 3.05) is 16.8 Å². The largest absolute Gasteiger partial charge is 0.320 e. The molecule has 0 aliphatic carbocycles. The summed E-state index contributed by atoms with van der Waals surface area (Å²) in [6.45, 7) is 1.84. The molecule has 29 heavy (non-hydrogen) atoms. The summed E-state index contributed by atoms with van der Waals surface area (Å²) >= 11 is 1.78. The van der Waals surface area contributed by atoms with Crippen LogP contribution >= 0.6 is 11.8 Å². The average Bonchev–Trinajstić information content (AvgIpc) is 2.95. The van der Waals surface area contributed by atoms with Crippen LogP contribution in [0.1, 0.15) is 24.1 Å². The fourth-order valence-electron chi connectivity index (χ4n) is 3.20. The predicted octanol–water partition coefficient (Wildman–Crippen LogP) is 4.18. The van der Waals surface area contributed by atoms with E-state index in [-0.39, 0.29) is 11.5 Å². The first-order chi connectivity index (χ1) is 14.1. The van der Waals surface area contributed by atoms with Gasteiger partial charge < -0.3 is 5.32 Å². The lowest BCUT2D eigenvalue weighted by Crippen LogP contribution is -2.23. The quantitative estimate of drug-likeness (QED) is 0.540. The second kappa shape index (κ2) is 10.2. The summed E-state index contributed by atoms with van der Waals surface area (Å²) in [5.41, 5.74) is 3.01. The van der Waals surface area contributed by atoms with Gasteiger partial charge in [-0.1, -0.05) is 48.5 Å². The first kappa shape index (κ1) is 21.0. The molecule has 0 bridgehead atoms. The van der Waals surface area contributed by atoms with E-state index in [2.05, 4.69) is 29.6 Å². The van der Waals surface area contributed by atoms with E-state index in [0.29, 0.717) is 12.1 Å². The average molecular weight is 410 g/mol. The van der Waals surface area contributed by atoms with Crippen molar-refractivity contribution < 1.29 is 4.79 Å². The molecule has 3 aromatic rings. The normalized spacial score (nSPS) is 10.8. The number of aryl methyl sites for hydroxylation is 1. The van der Waals surface area contributed by atoms with Gasteiger partial charge in [0.25, 0.3) is 5.56 Å². The Bertz CT molecular complexity index is 994. The topological polar surface area (TPSA) is 56.0 Å². The lowest BCUT2D eigenvalue weighted by molar-refractivity contribution is -0.115. The highest BCUT2D eigenvalue weighted by Crippen LogP contribution is 2.15. The summed E-state index contributed by atoms with van der Waals surface area (Å²) in [5, 5.41) is 2.82. The standard InChI is InChI=1S/C23H27N3O2S/c1-18-22(23(28)26(25(18)2)20-13-7-4-8-14-20)24-21(27)15-17-29-16-9-12-19-10-5-3-6-11-19/h3-8,10-11,13-14H,9,12,15-17H2,1-2H3,(H,24,27). The van der Waals surface area contributed by atoms with Gasteiger partial charge in [-0.2, -0.15) is 11.8 Å². The van der Waals surface area contributed by atoms with Crippen molar-refractivity contribution in [3.8, 4) is 5.69 Å². The number of nitrogens with zero attached hydrogens (tertiary/aromatic N) is 2. The summed E-state index contributed by atoms with van der Waals surface area (Å²) < 4.78 is 3.34. The fraction of sp³-hybridized carbons (Fsp3) is 0.304. The minimum atomic E-state index is -0.208. The maximum atomic E-state index is 12.8. The van der Waals surface area contributed by atoms with Crippen LogP contribution in [0.25, 0.3) is 5.69 Å². The minimum absolute atomic E-state index is 0.119. The molecule has 1 amide bonds.